The summed E-state index contributed by atoms with van der Waals surface area (Å²) in [5.74, 6) is 0.0148. The Morgan fingerprint density at radius 2 is 1.64 bits per heavy atom. The number of aromatic nitrogens is 4. The molecule has 2 atom stereocenters. The van der Waals surface area contributed by atoms with Crippen molar-refractivity contribution in [3.63, 3.8) is 0 Å². The number of carbonyl (C=O) groups is 1. The standard InChI is InChI=1S/C25H30F6N8O3/c26-24(27,28)16-13-32-23(33-14-16)38-5-3-37(4-6-38)21(40)2-1-17-11-18(36-7-9-42-10-8-36)15-39(17)20-12-19(25(29,30)31)22(41)35-34-20/h12-14,17-18H,1-11,15H2,(H,35,41)/t17-,18-/m1/s1. The molecule has 42 heavy (non-hydrogen) atoms. The third-order valence-corrected chi connectivity index (χ3v) is 7.92. The summed E-state index contributed by atoms with van der Waals surface area (Å²) in [6.45, 7) is 4.20. The van der Waals surface area contributed by atoms with Crippen molar-refractivity contribution in [2.45, 2.75) is 43.7 Å². The van der Waals surface area contributed by atoms with E-state index in [0.29, 0.717) is 71.9 Å². The molecule has 2 aromatic heterocycles. The van der Waals surface area contributed by atoms with Crippen LogP contribution in [0.1, 0.15) is 30.4 Å². The maximum absolute atomic E-state index is 13.4. The molecule has 17 heteroatoms. The Balaban J connectivity index is 1.22. The molecular formula is C25H30F6N8O3. The number of hydrogen-bond donors (Lipinski definition) is 1. The fourth-order valence-corrected chi connectivity index (χ4v) is 5.64. The second-order valence-electron chi connectivity index (χ2n) is 10.5. The molecule has 3 fully saturated rings. The number of carbonyl (C=O) groups excluding carboxylic acids is 1. The van der Waals surface area contributed by atoms with Crippen molar-refractivity contribution in [2.75, 3.05) is 68.8 Å². The first-order valence-electron chi connectivity index (χ1n) is 13.6. The van der Waals surface area contributed by atoms with Crippen molar-refractivity contribution < 1.29 is 35.9 Å². The topological polar surface area (TPSA) is 111 Å². The lowest BCUT2D eigenvalue weighted by Crippen LogP contribution is -2.49. The maximum Gasteiger partial charge on any atom is 0.421 e. The van der Waals surface area contributed by atoms with E-state index in [-0.39, 0.29) is 36.2 Å². The van der Waals surface area contributed by atoms with Crippen molar-refractivity contribution >= 4 is 17.7 Å². The smallest absolute Gasteiger partial charge is 0.379 e. The van der Waals surface area contributed by atoms with Crippen LogP contribution in [0.25, 0.3) is 0 Å². The van der Waals surface area contributed by atoms with E-state index in [4.69, 9.17) is 4.74 Å². The summed E-state index contributed by atoms with van der Waals surface area (Å²) < 4.78 is 84.1. The Bertz CT molecular complexity index is 1290. The minimum absolute atomic E-state index is 0.000268. The van der Waals surface area contributed by atoms with Crippen LogP contribution >= 0.6 is 0 Å². The maximum atomic E-state index is 13.4. The molecule has 3 saturated heterocycles. The number of ether oxygens (including phenoxy) is 1. The van der Waals surface area contributed by atoms with Gasteiger partial charge in [0.15, 0.2) is 0 Å². The molecule has 1 amide bonds. The van der Waals surface area contributed by atoms with E-state index in [2.05, 4.69) is 20.0 Å². The summed E-state index contributed by atoms with van der Waals surface area (Å²) in [5, 5.41) is 5.87. The third kappa shape index (κ3) is 6.77. The van der Waals surface area contributed by atoms with Crippen molar-refractivity contribution in [1.29, 1.82) is 0 Å². The second-order valence-corrected chi connectivity index (χ2v) is 10.5. The van der Waals surface area contributed by atoms with Gasteiger partial charge in [-0.3, -0.25) is 14.5 Å². The lowest BCUT2D eigenvalue weighted by Gasteiger charge is -2.35. The van der Waals surface area contributed by atoms with Crippen molar-refractivity contribution in [3.05, 3.63) is 39.9 Å². The van der Waals surface area contributed by atoms with Gasteiger partial charge in [-0.25, -0.2) is 15.1 Å². The number of halogens is 6. The molecule has 0 radical (unpaired) electrons. The fraction of sp³-hybridized carbons (Fsp3) is 0.640. The van der Waals surface area contributed by atoms with Crippen LogP contribution in [0.15, 0.2) is 23.3 Å². The van der Waals surface area contributed by atoms with Crippen LogP contribution in [-0.2, 0) is 21.9 Å². The summed E-state index contributed by atoms with van der Waals surface area (Å²) in [6, 6.07) is 0.491. The molecule has 3 aliphatic rings. The van der Waals surface area contributed by atoms with E-state index < -0.39 is 29.0 Å². The number of morpholine rings is 1. The van der Waals surface area contributed by atoms with Gasteiger partial charge in [0.25, 0.3) is 5.56 Å². The first-order valence-corrected chi connectivity index (χ1v) is 13.6. The minimum Gasteiger partial charge on any atom is -0.379 e. The lowest BCUT2D eigenvalue weighted by atomic mass is 10.0. The Hall–Kier alpha value is -3.47. The molecular weight excluding hydrogens is 574 g/mol. The summed E-state index contributed by atoms with van der Waals surface area (Å²) >= 11 is 0. The average molecular weight is 605 g/mol. The first-order chi connectivity index (χ1) is 19.9. The highest BCUT2D eigenvalue weighted by atomic mass is 19.4. The Morgan fingerprint density at radius 1 is 0.976 bits per heavy atom. The van der Waals surface area contributed by atoms with E-state index >= 15 is 0 Å². The van der Waals surface area contributed by atoms with Gasteiger partial charge in [0.05, 0.1) is 18.8 Å². The Kier molecular flexibility index (Phi) is 8.59. The van der Waals surface area contributed by atoms with Gasteiger partial charge in [-0.15, -0.1) is 0 Å². The van der Waals surface area contributed by atoms with E-state index in [1.54, 1.807) is 14.7 Å². The van der Waals surface area contributed by atoms with Crippen LogP contribution < -0.4 is 15.4 Å². The van der Waals surface area contributed by atoms with Crippen molar-refractivity contribution in [3.8, 4) is 0 Å². The lowest BCUT2D eigenvalue weighted by molar-refractivity contribution is -0.139. The zero-order chi connectivity index (χ0) is 30.1. The van der Waals surface area contributed by atoms with Crippen molar-refractivity contribution in [1.82, 2.24) is 30.0 Å². The molecule has 0 aromatic carbocycles. The highest BCUT2D eigenvalue weighted by molar-refractivity contribution is 5.76. The van der Waals surface area contributed by atoms with Crippen LogP contribution in [0.3, 0.4) is 0 Å². The molecule has 0 unspecified atom stereocenters. The Labute approximate surface area is 236 Å². The van der Waals surface area contributed by atoms with Gasteiger partial charge in [0.1, 0.15) is 11.4 Å². The van der Waals surface area contributed by atoms with Gasteiger partial charge < -0.3 is 19.4 Å². The summed E-state index contributed by atoms with van der Waals surface area (Å²) in [6.07, 6.45) is -6.80. The zero-order valence-electron chi connectivity index (χ0n) is 22.5. The number of alkyl halides is 6. The number of nitrogens with one attached hydrogen (secondary N) is 1. The molecule has 1 N–H and O–H groups in total. The highest BCUT2D eigenvalue weighted by Crippen LogP contribution is 2.33. The number of piperazine rings is 1. The van der Waals surface area contributed by atoms with E-state index in [1.807, 2.05) is 5.10 Å². The number of anilines is 2. The average Bonchev–Trinajstić information content (AvgIpc) is 3.40. The predicted molar refractivity (Wildman–Crippen MR) is 137 cm³/mol. The quantitative estimate of drug-likeness (QED) is 0.496. The van der Waals surface area contributed by atoms with Crippen molar-refractivity contribution in [2.24, 2.45) is 0 Å². The number of rotatable bonds is 6. The van der Waals surface area contributed by atoms with Crippen LogP contribution in [0.5, 0.6) is 0 Å². The van der Waals surface area contributed by atoms with Crippen LogP contribution in [0.4, 0.5) is 38.1 Å². The molecule has 0 saturated carbocycles. The number of aromatic amines is 1. The highest BCUT2D eigenvalue weighted by Gasteiger charge is 2.40. The normalized spacial score (nSPS) is 22.6. The van der Waals surface area contributed by atoms with Gasteiger partial charge in [0.2, 0.25) is 11.9 Å². The van der Waals surface area contributed by atoms with Gasteiger partial charge >= 0.3 is 12.4 Å². The fourth-order valence-electron chi connectivity index (χ4n) is 5.64. The number of amides is 1. The molecule has 11 nitrogen and oxygen atoms in total. The molecule has 0 aliphatic carbocycles. The summed E-state index contributed by atoms with van der Waals surface area (Å²) in [4.78, 5) is 39.8. The van der Waals surface area contributed by atoms with E-state index in [1.165, 1.54) is 0 Å². The summed E-state index contributed by atoms with van der Waals surface area (Å²) in [7, 11) is 0. The number of nitrogens with zero attached hydrogens (tertiary/aromatic N) is 7. The predicted octanol–water partition coefficient (Wildman–Crippen LogP) is 2.01. The molecule has 5 rings (SSSR count). The van der Waals surface area contributed by atoms with Gasteiger partial charge in [-0.05, 0) is 12.8 Å². The second kappa shape index (κ2) is 12.0. The largest absolute Gasteiger partial charge is 0.421 e. The monoisotopic (exact) mass is 604 g/mol. The number of H-pyrrole nitrogens is 1. The molecule has 5 heterocycles. The van der Waals surface area contributed by atoms with E-state index in [9.17, 15) is 35.9 Å². The molecule has 2 aromatic rings. The van der Waals surface area contributed by atoms with E-state index in [0.717, 1.165) is 18.5 Å². The van der Waals surface area contributed by atoms with Crippen LogP contribution in [-0.4, -0.2) is 107 Å². The van der Waals surface area contributed by atoms with Gasteiger partial charge in [-0.1, -0.05) is 0 Å². The van der Waals surface area contributed by atoms with Gasteiger partial charge in [0, 0.05) is 82.8 Å². The minimum atomic E-state index is -4.84. The molecule has 230 valence electrons. The SMILES string of the molecule is O=C(CC[C@@H]1C[C@@H](N2CCOCC2)CN1c1cc(C(F)(F)F)c(=O)[nH]n1)N1CCN(c2ncc(C(F)(F)F)cn2)CC1. The van der Waals surface area contributed by atoms with Gasteiger partial charge in [-0.2, -0.15) is 31.4 Å². The Morgan fingerprint density at radius 3 is 2.26 bits per heavy atom. The first kappa shape index (κ1) is 30.0. The molecule has 0 bridgehead atoms. The zero-order valence-corrected chi connectivity index (χ0v) is 22.5. The van der Waals surface area contributed by atoms with Crippen LogP contribution in [0.2, 0.25) is 0 Å². The van der Waals surface area contributed by atoms with Crippen LogP contribution in [0, 0.1) is 0 Å². The number of hydrogen-bond acceptors (Lipinski definition) is 9. The third-order valence-electron chi connectivity index (χ3n) is 7.92. The molecule has 3 aliphatic heterocycles. The molecule has 0 spiro atoms. The summed E-state index contributed by atoms with van der Waals surface area (Å²) in [5.41, 5.74) is -3.58.